The molecule has 7 nitrogen and oxygen atoms in total. The van der Waals surface area contributed by atoms with E-state index in [1.165, 1.54) is 34.2 Å². The summed E-state index contributed by atoms with van der Waals surface area (Å²) in [6, 6.07) is 13.9. The fourth-order valence-electron chi connectivity index (χ4n) is 3.42. The maximum absolute atomic E-state index is 12.6. The number of hydrogen-bond acceptors (Lipinski definition) is 7. The highest BCUT2D eigenvalue weighted by Crippen LogP contribution is 2.28. The van der Waals surface area contributed by atoms with Crippen molar-refractivity contribution in [2.75, 3.05) is 11.1 Å². The average molecular weight is 585 g/mol. The minimum Gasteiger partial charge on any atom is -0.483 e. The second-order valence-electron chi connectivity index (χ2n) is 8.13. The predicted octanol–water partition coefficient (Wildman–Crippen LogP) is 6.84. The second kappa shape index (κ2) is 11.9. The molecule has 1 unspecified atom stereocenters. The topological polar surface area (TPSA) is 81.9 Å². The zero-order valence-corrected chi connectivity index (χ0v) is 23.4. The van der Waals surface area contributed by atoms with Crippen LogP contribution in [0.15, 0.2) is 70.1 Å². The number of amides is 1. The van der Waals surface area contributed by atoms with E-state index in [1.807, 2.05) is 59.3 Å². The molecular formula is C26H26BrN5O2S2. The summed E-state index contributed by atoms with van der Waals surface area (Å²) < 4.78 is 9.06. The number of nitrogens with one attached hydrogen (secondary N) is 1. The summed E-state index contributed by atoms with van der Waals surface area (Å²) >= 11 is 6.14. The summed E-state index contributed by atoms with van der Waals surface area (Å²) in [5.41, 5.74) is 4.19. The van der Waals surface area contributed by atoms with Gasteiger partial charge < -0.3 is 10.1 Å². The molecule has 0 spiro atoms. The highest BCUT2D eigenvalue weighted by molar-refractivity contribution is 9.10. The number of benzene rings is 2. The molecule has 0 saturated carbocycles. The van der Waals surface area contributed by atoms with Gasteiger partial charge in [-0.3, -0.25) is 9.36 Å². The number of anilines is 1. The molecule has 1 atom stereocenters. The summed E-state index contributed by atoms with van der Waals surface area (Å²) in [5, 5.41) is 14.6. The first-order chi connectivity index (χ1) is 17.3. The number of nitrogens with zero attached hydrogens (tertiary/aromatic N) is 4. The number of allylic oxidation sites excluding steroid dienone is 1. The van der Waals surface area contributed by atoms with E-state index in [1.54, 1.807) is 6.08 Å². The molecule has 4 aromatic rings. The molecule has 0 bridgehead atoms. The van der Waals surface area contributed by atoms with Crippen molar-refractivity contribution in [3.8, 4) is 17.0 Å². The van der Waals surface area contributed by atoms with E-state index in [0.29, 0.717) is 22.7 Å². The standard InChI is InChI=1S/C26H26BrN5O2S2/c1-5-12-32-24(18(4)34-21-11-6-16(2)17(3)13-21)30-31-26(32)36-15-23(33)29-25-28-22(14-35-25)19-7-9-20(27)10-8-19/h5-11,13-14,18H,1,12,15H2,2-4H3,(H,28,29,33). The Labute approximate surface area is 227 Å². The number of aryl methyl sites for hydroxylation is 2. The van der Waals surface area contributed by atoms with Crippen molar-refractivity contribution in [3.63, 3.8) is 0 Å². The number of thiazole rings is 1. The van der Waals surface area contributed by atoms with Crippen LogP contribution >= 0.6 is 39.0 Å². The van der Waals surface area contributed by atoms with Crippen molar-refractivity contribution in [2.24, 2.45) is 0 Å². The Kier molecular flexibility index (Phi) is 8.60. The zero-order chi connectivity index (χ0) is 25.7. The van der Waals surface area contributed by atoms with Crippen LogP contribution in [0.25, 0.3) is 11.3 Å². The van der Waals surface area contributed by atoms with Gasteiger partial charge in [-0.15, -0.1) is 28.1 Å². The fraction of sp³-hybridized carbons (Fsp3) is 0.231. The third kappa shape index (κ3) is 6.43. The first-order valence-corrected chi connectivity index (χ1v) is 13.9. The van der Waals surface area contributed by atoms with Gasteiger partial charge in [0.05, 0.1) is 11.4 Å². The van der Waals surface area contributed by atoms with Crippen molar-refractivity contribution < 1.29 is 9.53 Å². The molecule has 1 amide bonds. The normalized spacial score (nSPS) is 11.8. The number of carbonyl (C=O) groups excluding carboxylic acids is 1. The van der Waals surface area contributed by atoms with Gasteiger partial charge in [-0.1, -0.05) is 52.0 Å². The maximum atomic E-state index is 12.6. The molecule has 0 fully saturated rings. The van der Waals surface area contributed by atoms with E-state index >= 15 is 0 Å². The SMILES string of the molecule is C=CCn1c(SCC(=O)Nc2nc(-c3ccc(Br)cc3)cs2)nnc1C(C)Oc1ccc(C)c(C)c1. The Bertz CT molecular complexity index is 1370. The summed E-state index contributed by atoms with van der Waals surface area (Å²) in [6.07, 6.45) is 1.45. The molecule has 186 valence electrons. The van der Waals surface area contributed by atoms with E-state index in [9.17, 15) is 4.79 Å². The van der Waals surface area contributed by atoms with Crippen LogP contribution in [0.3, 0.4) is 0 Å². The van der Waals surface area contributed by atoms with Gasteiger partial charge in [-0.05, 0) is 56.2 Å². The Balaban J connectivity index is 1.39. The lowest BCUT2D eigenvalue weighted by atomic mass is 10.1. The smallest absolute Gasteiger partial charge is 0.236 e. The fourth-order valence-corrected chi connectivity index (χ4v) is 5.18. The van der Waals surface area contributed by atoms with Crippen molar-refractivity contribution >= 4 is 50.1 Å². The summed E-state index contributed by atoms with van der Waals surface area (Å²) in [4.78, 5) is 17.1. The van der Waals surface area contributed by atoms with Crippen molar-refractivity contribution in [1.82, 2.24) is 19.7 Å². The number of hydrogen-bond donors (Lipinski definition) is 1. The molecule has 0 saturated heterocycles. The molecule has 1 N–H and O–H groups in total. The van der Waals surface area contributed by atoms with Crippen LogP contribution in [-0.2, 0) is 11.3 Å². The van der Waals surface area contributed by atoms with Crippen molar-refractivity contribution in [2.45, 2.75) is 38.6 Å². The lowest BCUT2D eigenvalue weighted by Crippen LogP contribution is -2.15. The molecule has 2 aromatic heterocycles. The number of halogens is 1. The summed E-state index contributed by atoms with van der Waals surface area (Å²) in [5.74, 6) is 1.47. The molecule has 0 aliphatic heterocycles. The van der Waals surface area contributed by atoms with Crippen LogP contribution < -0.4 is 10.1 Å². The molecule has 2 aromatic carbocycles. The number of carbonyl (C=O) groups is 1. The van der Waals surface area contributed by atoms with Crippen LogP contribution in [0.2, 0.25) is 0 Å². The van der Waals surface area contributed by atoms with Crippen LogP contribution in [0, 0.1) is 13.8 Å². The maximum Gasteiger partial charge on any atom is 0.236 e. The van der Waals surface area contributed by atoms with Gasteiger partial charge in [0.25, 0.3) is 0 Å². The zero-order valence-electron chi connectivity index (χ0n) is 20.2. The lowest BCUT2D eigenvalue weighted by molar-refractivity contribution is -0.113. The Morgan fingerprint density at radius 2 is 2.00 bits per heavy atom. The highest BCUT2D eigenvalue weighted by Gasteiger charge is 2.20. The van der Waals surface area contributed by atoms with Crippen molar-refractivity contribution in [3.05, 3.63) is 81.9 Å². The van der Waals surface area contributed by atoms with E-state index < -0.39 is 0 Å². The van der Waals surface area contributed by atoms with E-state index in [2.05, 4.69) is 56.9 Å². The van der Waals surface area contributed by atoms with Gasteiger partial charge >= 0.3 is 0 Å². The molecule has 0 aliphatic rings. The third-order valence-corrected chi connectivity index (χ3v) is 7.69. The first-order valence-electron chi connectivity index (χ1n) is 11.3. The molecule has 36 heavy (non-hydrogen) atoms. The number of ether oxygens (including phenoxy) is 1. The monoisotopic (exact) mass is 583 g/mol. The van der Waals surface area contributed by atoms with Crippen LogP contribution in [0.1, 0.15) is 30.0 Å². The number of thioether (sulfide) groups is 1. The van der Waals surface area contributed by atoms with Gasteiger partial charge in [-0.25, -0.2) is 4.98 Å². The Morgan fingerprint density at radius 3 is 2.72 bits per heavy atom. The van der Waals surface area contributed by atoms with Crippen LogP contribution in [0.5, 0.6) is 5.75 Å². The minimum absolute atomic E-state index is 0.161. The van der Waals surface area contributed by atoms with Gasteiger partial charge in [0, 0.05) is 22.0 Å². The van der Waals surface area contributed by atoms with Crippen molar-refractivity contribution in [1.29, 1.82) is 0 Å². The van der Waals surface area contributed by atoms with Gasteiger partial charge in [0.1, 0.15) is 5.75 Å². The Morgan fingerprint density at radius 1 is 1.22 bits per heavy atom. The van der Waals surface area contributed by atoms with E-state index in [0.717, 1.165) is 21.5 Å². The largest absolute Gasteiger partial charge is 0.483 e. The minimum atomic E-state index is -0.324. The van der Waals surface area contributed by atoms with Gasteiger partial charge in [0.15, 0.2) is 22.2 Å². The predicted molar refractivity (Wildman–Crippen MR) is 150 cm³/mol. The second-order valence-corrected chi connectivity index (χ2v) is 10.8. The highest BCUT2D eigenvalue weighted by atomic mass is 79.9. The third-order valence-electron chi connectivity index (χ3n) is 5.43. The van der Waals surface area contributed by atoms with E-state index in [4.69, 9.17) is 4.74 Å². The Hall–Kier alpha value is -2.95. The summed E-state index contributed by atoms with van der Waals surface area (Å²) in [6.45, 7) is 10.4. The molecule has 4 rings (SSSR count). The molecule has 0 aliphatic carbocycles. The first kappa shape index (κ1) is 26.1. The molecule has 0 radical (unpaired) electrons. The molecule has 2 heterocycles. The van der Waals surface area contributed by atoms with Crippen LogP contribution in [0.4, 0.5) is 5.13 Å². The molecule has 10 heteroatoms. The van der Waals surface area contributed by atoms with Gasteiger partial charge in [0.2, 0.25) is 5.91 Å². The van der Waals surface area contributed by atoms with Crippen LogP contribution in [-0.4, -0.2) is 31.4 Å². The number of rotatable bonds is 10. The summed E-state index contributed by atoms with van der Waals surface area (Å²) in [7, 11) is 0. The number of aromatic nitrogens is 4. The molecular weight excluding hydrogens is 558 g/mol. The lowest BCUT2D eigenvalue weighted by Gasteiger charge is -2.16. The average Bonchev–Trinajstić information content (AvgIpc) is 3.48. The quantitative estimate of drug-likeness (QED) is 0.162. The van der Waals surface area contributed by atoms with Gasteiger partial charge in [-0.2, -0.15) is 0 Å². The van der Waals surface area contributed by atoms with E-state index in [-0.39, 0.29) is 17.8 Å².